The Kier molecular flexibility index (Phi) is 3.32. The van der Waals surface area contributed by atoms with Crippen LogP contribution in [0.4, 0.5) is 0 Å². The van der Waals surface area contributed by atoms with Crippen LogP contribution >= 0.6 is 0 Å². The zero-order valence-electron chi connectivity index (χ0n) is 10.3. The third-order valence-corrected chi connectivity index (χ3v) is 2.73. The van der Waals surface area contributed by atoms with Crippen molar-refractivity contribution in [1.82, 2.24) is 9.55 Å². The van der Waals surface area contributed by atoms with Crippen molar-refractivity contribution < 1.29 is 14.6 Å². The van der Waals surface area contributed by atoms with Crippen molar-refractivity contribution >= 4 is 5.97 Å². The lowest BCUT2D eigenvalue weighted by molar-refractivity contribution is 0.0695. The van der Waals surface area contributed by atoms with Gasteiger partial charge in [0.2, 0.25) is 0 Å². The second-order valence-corrected chi connectivity index (χ2v) is 3.83. The first-order chi connectivity index (χ1) is 8.63. The summed E-state index contributed by atoms with van der Waals surface area (Å²) in [6.07, 6.45) is 3.46. The molecule has 5 heteroatoms. The maximum Gasteiger partial charge on any atom is 0.336 e. The van der Waals surface area contributed by atoms with Gasteiger partial charge in [0.15, 0.2) is 0 Å². The van der Waals surface area contributed by atoms with Crippen LogP contribution < -0.4 is 4.74 Å². The van der Waals surface area contributed by atoms with Gasteiger partial charge in [-0.15, -0.1) is 0 Å². The van der Waals surface area contributed by atoms with Crippen LogP contribution in [0, 0.1) is 6.92 Å². The molecule has 18 heavy (non-hydrogen) atoms. The van der Waals surface area contributed by atoms with Crippen LogP contribution in [-0.2, 0) is 6.54 Å². The summed E-state index contributed by atoms with van der Waals surface area (Å²) in [6.45, 7) is 4.44. The van der Waals surface area contributed by atoms with E-state index in [1.165, 1.54) is 0 Å². The van der Waals surface area contributed by atoms with Gasteiger partial charge in [0.05, 0.1) is 5.56 Å². The van der Waals surface area contributed by atoms with Crippen LogP contribution in [0.1, 0.15) is 22.8 Å². The van der Waals surface area contributed by atoms with Gasteiger partial charge in [0.1, 0.15) is 5.75 Å². The molecule has 0 unspecified atom stereocenters. The largest absolute Gasteiger partial charge is 0.478 e. The number of rotatable bonds is 4. The molecule has 0 bridgehead atoms. The molecule has 0 atom stereocenters. The fourth-order valence-electron chi connectivity index (χ4n) is 1.70. The second kappa shape index (κ2) is 4.91. The first kappa shape index (κ1) is 12.2. The monoisotopic (exact) mass is 246 g/mol. The normalized spacial score (nSPS) is 10.3. The number of benzene rings is 1. The van der Waals surface area contributed by atoms with Gasteiger partial charge in [0, 0.05) is 24.5 Å². The highest BCUT2D eigenvalue weighted by molar-refractivity contribution is 5.90. The van der Waals surface area contributed by atoms with Crippen LogP contribution in [0.15, 0.2) is 30.6 Å². The molecule has 0 aliphatic rings. The molecule has 0 saturated carbocycles. The highest BCUT2D eigenvalue weighted by Crippen LogP contribution is 2.26. The summed E-state index contributed by atoms with van der Waals surface area (Å²) >= 11 is 0. The van der Waals surface area contributed by atoms with E-state index < -0.39 is 5.97 Å². The number of carbonyl (C=O) groups is 1. The van der Waals surface area contributed by atoms with E-state index in [1.54, 1.807) is 31.3 Å². The van der Waals surface area contributed by atoms with E-state index in [4.69, 9.17) is 9.84 Å². The molecule has 0 aliphatic heterocycles. The molecule has 0 fully saturated rings. The lowest BCUT2D eigenvalue weighted by atomic mass is 10.1. The summed E-state index contributed by atoms with van der Waals surface area (Å²) in [5.41, 5.74) is 0.831. The van der Waals surface area contributed by atoms with Gasteiger partial charge in [-0.05, 0) is 26.0 Å². The SMILES string of the molecule is CCn1ccnc1Oc1cccc(C(=O)O)c1C. The van der Waals surface area contributed by atoms with Gasteiger partial charge in [-0.25, -0.2) is 9.78 Å². The first-order valence-electron chi connectivity index (χ1n) is 5.65. The number of carboxylic acids is 1. The summed E-state index contributed by atoms with van der Waals surface area (Å²) in [5, 5.41) is 9.04. The van der Waals surface area contributed by atoms with Crippen LogP contribution in [0.5, 0.6) is 11.8 Å². The Balaban J connectivity index is 2.35. The molecule has 0 saturated heterocycles. The zero-order chi connectivity index (χ0) is 13.1. The Bertz CT molecular complexity index is 575. The van der Waals surface area contributed by atoms with E-state index >= 15 is 0 Å². The van der Waals surface area contributed by atoms with Crippen molar-refractivity contribution in [1.29, 1.82) is 0 Å². The molecule has 1 aromatic heterocycles. The number of nitrogens with zero attached hydrogens (tertiary/aromatic N) is 2. The summed E-state index contributed by atoms with van der Waals surface area (Å²) in [7, 11) is 0. The Morgan fingerprint density at radius 1 is 1.50 bits per heavy atom. The molecular formula is C13H14N2O3. The van der Waals surface area contributed by atoms with Crippen molar-refractivity contribution in [3.05, 3.63) is 41.7 Å². The van der Waals surface area contributed by atoms with Gasteiger partial charge in [0.25, 0.3) is 0 Å². The van der Waals surface area contributed by atoms with E-state index in [0.29, 0.717) is 17.3 Å². The maximum atomic E-state index is 11.0. The molecule has 94 valence electrons. The number of hydrogen-bond acceptors (Lipinski definition) is 3. The predicted octanol–water partition coefficient (Wildman–Crippen LogP) is 2.70. The average molecular weight is 246 g/mol. The molecule has 1 N–H and O–H groups in total. The van der Waals surface area contributed by atoms with Crippen LogP contribution in [0.25, 0.3) is 0 Å². The second-order valence-electron chi connectivity index (χ2n) is 3.83. The van der Waals surface area contributed by atoms with E-state index in [9.17, 15) is 4.79 Å². The number of aryl methyl sites for hydroxylation is 1. The molecule has 0 aliphatic carbocycles. The van der Waals surface area contributed by atoms with Gasteiger partial charge < -0.3 is 14.4 Å². The summed E-state index contributed by atoms with van der Waals surface area (Å²) in [4.78, 5) is 15.1. The number of carboxylic acid groups (broad SMARTS) is 1. The lowest BCUT2D eigenvalue weighted by Crippen LogP contribution is -2.03. The molecule has 1 heterocycles. The lowest BCUT2D eigenvalue weighted by Gasteiger charge is -2.10. The fraction of sp³-hybridized carbons (Fsp3) is 0.231. The number of ether oxygens (including phenoxy) is 1. The van der Waals surface area contributed by atoms with Gasteiger partial charge >= 0.3 is 12.0 Å². The van der Waals surface area contributed by atoms with Crippen LogP contribution in [0.3, 0.4) is 0 Å². The average Bonchev–Trinajstić information content (AvgIpc) is 2.78. The Labute approximate surface area is 105 Å². The highest BCUT2D eigenvalue weighted by atomic mass is 16.5. The summed E-state index contributed by atoms with van der Waals surface area (Å²) < 4.78 is 7.49. The molecule has 2 rings (SSSR count). The van der Waals surface area contributed by atoms with E-state index in [2.05, 4.69) is 4.98 Å². The fourth-order valence-corrected chi connectivity index (χ4v) is 1.70. The predicted molar refractivity (Wildman–Crippen MR) is 66.1 cm³/mol. The Morgan fingerprint density at radius 2 is 2.28 bits per heavy atom. The summed E-state index contributed by atoms with van der Waals surface area (Å²) in [6, 6.07) is 5.40. The minimum atomic E-state index is -0.961. The third-order valence-electron chi connectivity index (χ3n) is 2.73. The molecule has 5 nitrogen and oxygen atoms in total. The standard InChI is InChI=1S/C13H14N2O3/c1-3-15-8-7-14-13(15)18-11-6-4-5-10(9(11)2)12(16)17/h4-8H,3H2,1-2H3,(H,16,17). The molecule has 0 amide bonds. The topological polar surface area (TPSA) is 64.4 Å². The minimum Gasteiger partial charge on any atom is -0.478 e. The number of hydrogen-bond donors (Lipinski definition) is 1. The molecular weight excluding hydrogens is 232 g/mol. The van der Waals surface area contributed by atoms with Crippen LogP contribution in [0.2, 0.25) is 0 Å². The Hall–Kier alpha value is -2.30. The van der Waals surface area contributed by atoms with Crippen LogP contribution in [-0.4, -0.2) is 20.6 Å². The molecule has 2 aromatic rings. The van der Waals surface area contributed by atoms with Gasteiger partial charge in [-0.2, -0.15) is 0 Å². The van der Waals surface area contributed by atoms with E-state index in [0.717, 1.165) is 6.54 Å². The number of imidazole rings is 1. The van der Waals surface area contributed by atoms with Crippen molar-refractivity contribution in [2.75, 3.05) is 0 Å². The zero-order valence-corrected chi connectivity index (χ0v) is 10.3. The van der Waals surface area contributed by atoms with Crippen molar-refractivity contribution in [2.24, 2.45) is 0 Å². The Morgan fingerprint density at radius 3 is 2.94 bits per heavy atom. The van der Waals surface area contributed by atoms with Crippen molar-refractivity contribution in [2.45, 2.75) is 20.4 Å². The molecule has 1 aromatic carbocycles. The molecule has 0 radical (unpaired) electrons. The smallest absolute Gasteiger partial charge is 0.336 e. The number of aromatic nitrogens is 2. The van der Waals surface area contributed by atoms with Crippen molar-refractivity contribution in [3.63, 3.8) is 0 Å². The van der Waals surface area contributed by atoms with E-state index in [-0.39, 0.29) is 5.56 Å². The van der Waals surface area contributed by atoms with Gasteiger partial charge in [-0.1, -0.05) is 6.07 Å². The molecule has 0 spiro atoms. The number of aromatic carboxylic acids is 1. The first-order valence-corrected chi connectivity index (χ1v) is 5.65. The highest BCUT2D eigenvalue weighted by Gasteiger charge is 2.13. The van der Waals surface area contributed by atoms with E-state index in [1.807, 2.05) is 17.7 Å². The summed E-state index contributed by atoms with van der Waals surface area (Å²) in [5.74, 6) is -0.451. The minimum absolute atomic E-state index is 0.238. The maximum absolute atomic E-state index is 11.0. The van der Waals surface area contributed by atoms with Crippen molar-refractivity contribution in [3.8, 4) is 11.8 Å². The van der Waals surface area contributed by atoms with Gasteiger partial charge in [-0.3, -0.25) is 0 Å². The third kappa shape index (κ3) is 2.20. The quantitative estimate of drug-likeness (QED) is 0.900.